The van der Waals surface area contributed by atoms with Crippen molar-refractivity contribution in [2.45, 2.75) is 38.5 Å². The van der Waals surface area contributed by atoms with Crippen molar-refractivity contribution in [1.29, 1.82) is 0 Å². The van der Waals surface area contributed by atoms with Crippen molar-refractivity contribution < 1.29 is 0 Å². The number of halogens is 1. The van der Waals surface area contributed by atoms with Gasteiger partial charge in [-0.2, -0.15) is 0 Å². The fourth-order valence-electron chi connectivity index (χ4n) is 2.91. The second kappa shape index (κ2) is 5.41. The zero-order valence-corrected chi connectivity index (χ0v) is 11.6. The largest absolute Gasteiger partial charge is 0.316 e. The summed E-state index contributed by atoms with van der Waals surface area (Å²) in [5.41, 5.74) is 1.65. The molecule has 1 aromatic carbocycles. The Bertz CT molecular complexity index is 377. The Balaban J connectivity index is 2.16. The molecular weight excluding hydrogens is 230 g/mol. The van der Waals surface area contributed by atoms with Crippen molar-refractivity contribution >= 4 is 11.6 Å². The normalized spacial score (nSPS) is 27.1. The van der Waals surface area contributed by atoms with E-state index in [1.54, 1.807) is 0 Å². The van der Waals surface area contributed by atoms with E-state index in [1.165, 1.54) is 24.8 Å². The van der Waals surface area contributed by atoms with Gasteiger partial charge < -0.3 is 5.32 Å². The molecule has 0 aliphatic heterocycles. The molecule has 1 nitrogen and oxygen atoms in total. The van der Waals surface area contributed by atoms with E-state index in [-0.39, 0.29) is 0 Å². The third-order valence-corrected chi connectivity index (χ3v) is 4.33. The molecule has 1 aliphatic carbocycles. The van der Waals surface area contributed by atoms with E-state index < -0.39 is 0 Å². The first-order chi connectivity index (χ1) is 8.24. The second-order valence-corrected chi connectivity index (χ2v) is 5.53. The van der Waals surface area contributed by atoms with Crippen LogP contribution in [0.1, 0.15) is 38.7 Å². The zero-order chi connectivity index (χ0) is 12.3. The second-order valence-electron chi connectivity index (χ2n) is 5.12. The first-order valence-corrected chi connectivity index (χ1v) is 7.08. The van der Waals surface area contributed by atoms with Gasteiger partial charge in [0.05, 0.1) is 0 Å². The minimum atomic E-state index is 0.308. The smallest absolute Gasteiger partial charge is 0.0444 e. The Morgan fingerprint density at radius 2 is 2.12 bits per heavy atom. The molecule has 0 radical (unpaired) electrons. The van der Waals surface area contributed by atoms with Crippen LogP contribution in [0.2, 0.25) is 5.02 Å². The molecular formula is C15H22ClN. The van der Waals surface area contributed by atoms with Gasteiger partial charge in [0.15, 0.2) is 0 Å². The Kier molecular flexibility index (Phi) is 4.11. The lowest BCUT2D eigenvalue weighted by molar-refractivity contribution is 0.523. The SMILES string of the molecule is CCCNCC1(c2ccccc2Cl)CC1CC. The van der Waals surface area contributed by atoms with Gasteiger partial charge in [0.25, 0.3) is 0 Å². The summed E-state index contributed by atoms with van der Waals surface area (Å²) in [6.45, 7) is 6.66. The van der Waals surface area contributed by atoms with Crippen LogP contribution in [-0.4, -0.2) is 13.1 Å². The molecule has 0 saturated heterocycles. The average molecular weight is 252 g/mol. The van der Waals surface area contributed by atoms with E-state index in [4.69, 9.17) is 11.6 Å². The third kappa shape index (κ3) is 2.51. The van der Waals surface area contributed by atoms with Gasteiger partial charge in [-0.05, 0) is 36.9 Å². The van der Waals surface area contributed by atoms with Gasteiger partial charge in [-0.15, -0.1) is 0 Å². The van der Waals surface area contributed by atoms with Gasteiger partial charge in [-0.3, -0.25) is 0 Å². The van der Waals surface area contributed by atoms with Crippen molar-refractivity contribution in [2.75, 3.05) is 13.1 Å². The summed E-state index contributed by atoms with van der Waals surface area (Å²) >= 11 is 6.36. The fraction of sp³-hybridized carbons (Fsp3) is 0.600. The first kappa shape index (κ1) is 12.9. The Labute approximate surface area is 110 Å². The molecule has 0 spiro atoms. The monoisotopic (exact) mass is 251 g/mol. The van der Waals surface area contributed by atoms with Gasteiger partial charge in [-0.25, -0.2) is 0 Å². The predicted molar refractivity (Wildman–Crippen MR) is 74.7 cm³/mol. The van der Waals surface area contributed by atoms with Crippen molar-refractivity contribution in [3.05, 3.63) is 34.9 Å². The molecule has 0 amide bonds. The molecule has 1 N–H and O–H groups in total. The maximum atomic E-state index is 6.36. The van der Waals surface area contributed by atoms with E-state index in [9.17, 15) is 0 Å². The van der Waals surface area contributed by atoms with Gasteiger partial charge in [-0.1, -0.05) is 50.1 Å². The molecule has 1 aliphatic rings. The minimum absolute atomic E-state index is 0.308. The summed E-state index contributed by atoms with van der Waals surface area (Å²) in [4.78, 5) is 0. The van der Waals surface area contributed by atoms with Crippen molar-refractivity contribution in [2.24, 2.45) is 5.92 Å². The van der Waals surface area contributed by atoms with Crippen LogP contribution >= 0.6 is 11.6 Å². The van der Waals surface area contributed by atoms with E-state index in [0.29, 0.717) is 5.41 Å². The summed E-state index contributed by atoms with van der Waals surface area (Å²) in [7, 11) is 0. The summed E-state index contributed by atoms with van der Waals surface area (Å²) < 4.78 is 0. The topological polar surface area (TPSA) is 12.0 Å². The fourth-order valence-corrected chi connectivity index (χ4v) is 3.23. The quantitative estimate of drug-likeness (QED) is 0.754. The number of rotatable bonds is 6. The van der Waals surface area contributed by atoms with Crippen LogP contribution in [0, 0.1) is 5.92 Å². The minimum Gasteiger partial charge on any atom is -0.316 e. The summed E-state index contributed by atoms with van der Waals surface area (Å²) in [5.74, 6) is 0.798. The van der Waals surface area contributed by atoms with Gasteiger partial charge in [0.1, 0.15) is 0 Å². The highest BCUT2D eigenvalue weighted by atomic mass is 35.5. The number of hydrogen-bond donors (Lipinski definition) is 1. The van der Waals surface area contributed by atoms with Crippen LogP contribution in [0.15, 0.2) is 24.3 Å². The lowest BCUT2D eigenvalue weighted by atomic mass is 9.92. The molecule has 2 unspecified atom stereocenters. The van der Waals surface area contributed by atoms with Crippen LogP contribution in [-0.2, 0) is 5.41 Å². The maximum absolute atomic E-state index is 6.36. The molecule has 0 heterocycles. The van der Waals surface area contributed by atoms with E-state index in [0.717, 1.165) is 24.0 Å². The lowest BCUT2D eigenvalue weighted by Gasteiger charge is -2.20. The standard InChI is InChI=1S/C15H22ClN/c1-3-9-17-11-15(10-12(15)4-2)13-7-5-6-8-14(13)16/h5-8,12,17H,3-4,9-11H2,1-2H3. The van der Waals surface area contributed by atoms with Crippen LogP contribution in [0.25, 0.3) is 0 Å². The molecule has 2 rings (SSSR count). The Morgan fingerprint density at radius 3 is 2.71 bits per heavy atom. The van der Waals surface area contributed by atoms with Crippen LogP contribution < -0.4 is 5.32 Å². The van der Waals surface area contributed by atoms with E-state index >= 15 is 0 Å². The van der Waals surface area contributed by atoms with Gasteiger partial charge >= 0.3 is 0 Å². The highest BCUT2D eigenvalue weighted by Crippen LogP contribution is 2.57. The van der Waals surface area contributed by atoms with E-state index in [2.05, 4.69) is 31.3 Å². The highest BCUT2D eigenvalue weighted by molar-refractivity contribution is 6.31. The Hall–Kier alpha value is -0.530. The van der Waals surface area contributed by atoms with E-state index in [1.807, 2.05) is 12.1 Å². The summed E-state index contributed by atoms with van der Waals surface area (Å²) in [6, 6.07) is 8.34. The lowest BCUT2D eigenvalue weighted by Crippen LogP contribution is -2.29. The molecule has 94 valence electrons. The van der Waals surface area contributed by atoms with Gasteiger partial charge in [0.2, 0.25) is 0 Å². The molecule has 1 saturated carbocycles. The Morgan fingerprint density at radius 1 is 1.35 bits per heavy atom. The molecule has 0 aromatic heterocycles. The number of benzene rings is 1. The molecule has 2 atom stereocenters. The number of nitrogens with one attached hydrogen (secondary N) is 1. The maximum Gasteiger partial charge on any atom is 0.0444 e. The van der Waals surface area contributed by atoms with Crippen LogP contribution in [0.4, 0.5) is 0 Å². The molecule has 2 heteroatoms. The summed E-state index contributed by atoms with van der Waals surface area (Å²) in [6.07, 6.45) is 3.72. The van der Waals surface area contributed by atoms with Crippen LogP contribution in [0.5, 0.6) is 0 Å². The molecule has 0 bridgehead atoms. The van der Waals surface area contributed by atoms with Crippen molar-refractivity contribution in [1.82, 2.24) is 5.32 Å². The number of hydrogen-bond acceptors (Lipinski definition) is 1. The van der Waals surface area contributed by atoms with Crippen molar-refractivity contribution in [3.63, 3.8) is 0 Å². The first-order valence-electron chi connectivity index (χ1n) is 6.70. The van der Waals surface area contributed by atoms with Crippen LogP contribution in [0.3, 0.4) is 0 Å². The van der Waals surface area contributed by atoms with Gasteiger partial charge in [0, 0.05) is 17.0 Å². The van der Waals surface area contributed by atoms with Crippen molar-refractivity contribution in [3.8, 4) is 0 Å². The summed E-state index contributed by atoms with van der Waals surface area (Å²) in [5, 5.41) is 4.50. The zero-order valence-electron chi connectivity index (χ0n) is 10.8. The molecule has 17 heavy (non-hydrogen) atoms. The molecule has 1 fully saturated rings. The third-order valence-electron chi connectivity index (χ3n) is 4.00. The average Bonchev–Trinajstić information content (AvgIpc) is 3.05. The highest BCUT2D eigenvalue weighted by Gasteiger charge is 2.54. The molecule has 1 aromatic rings. The predicted octanol–water partition coefficient (Wildman–Crippen LogP) is 4.01.